The summed E-state index contributed by atoms with van der Waals surface area (Å²) in [6.07, 6.45) is 0.174. The highest BCUT2D eigenvalue weighted by Crippen LogP contribution is 2.61. The van der Waals surface area contributed by atoms with Crippen molar-refractivity contribution in [3.63, 3.8) is 0 Å². The third-order valence-corrected chi connectivity index (χ3v) is 4.25. The molecule has 1 unspecified atom stereocenters. The van der Waals surface area contributed by atoms with Crippen LogP contribution in [0.1, 0.15) is 46.6 Å². The van der Waals surface area contributed by atoms with E-state index in [1.165, 1.54) is 7.11 Å². The Bertz CT molecular complexity index is 634. The Kier molecular flexibility index (Phi) is 4.01. The zero-order valence-corrected chi connectivity index (χ0v) is 14.6. The number of methoxy groups -OCH3 is 1. The van der Waals surface area contributed by atoms with Gasteiger partial charge >= 0.3 is 6.09 Å². The highest BCUT2D eigenvalue weighted by Gasteiger charge is 2.59. The van der Waals surface area contributed by atoms with E-state index < -0.39 is 17.2 Å². The predicted molar refractivity (Wildman–Crippen MR) is 88.8 cm³/mol. The maximum Gasteiger partial charge on any atom is 0.412 e. The van der Waals surface area contributed by atoms with E-state index in [2.05, 4.69) is 19.2 Å². The van der Waals surface area contributed by atoms with Gasteiger partial charge in [-0.1, -0.05) is 13.8 Å². The smallest absolute Gasteiger partial charge is 0.412 e. The number of hydrogen-bond donors (Lipinski definition) is 3. The van der Waals surface area contributed by atoms with Crippen LogP contribution in [-0.2, 0) is 10.3 Å². The first-order chi connectivity index (χ1) is 10.4. The third-order valence-electron chi connectivity index (χ3n) is 4.25. The van der Waals surface area contributed by atoms with Gasteiger partial charge in [-0.15, -0.1) is 0 Å². The van der Waals surface area contributed by atoms with E-state index in [1.807, 2.05) is 0 Å². The molecule has 0 saturated heterocycles. The molecule has 23 heavy (non-hydrogen) atoms. The Labute approximate surface area is 137 Å². The molecule has 1 atom stereocenters. The fourth-order valence-corrected chi connectivity index (χ4v) is 2.68. The summed E-state index contributed by atoms with van der Waals surface area (Å²) < 4.78 is 10.4. The zero-order valence-electron chi connectivity index (χ0n) is 14.6. The van der Waals surface area contributed by atoms with Gasteiger partial charge in [0.15, 0.2) is 11.5 Å². The van der Waals surface area contributed by atoms with Crippen LogP contribution in [0.5, 0.6) is 11.5 Å². The molecule has 1 fully saturated rings. The quantitative estimate of drug-likeness (QED) is 0.742. The second-order valence-corrected chi connectivity index (χ2v) is 7.73. The molecule has 0 aliphatic heterocycles. The van der Waals surface area contributed by atoms with Gasteiger partial charge in [0.05, 0.1) is 12.8 Å². The van der Waals surface area contributed by atoms with E-state index in [-0.39, 0.29) is 22.6 Å². The van der Waals surface area contributed by atoms with Gasteiger partial charge in [-0.3, -0.25) is 5.32 Å². The molecule has 128 valence electrons. The average Bonchev–Trinajstić information content (AvgIpc) is 2.89. The van der Waals surface area contributed by atoms with Crippen molar-refractivity contribution in [1.82, 2.24) is 0 Å². The minimum atomic E-state index is -0.645. The maximum atomic E-state index is 12.0. The minimum Gasteiger partial charge on any atom is -0.503 e. The number of nitrogens with one attached hydrogen (secondary N) is 1. The summed E-state index contributed by atoms with van der Waals surface area (Å²) in [4.78, 5) is 12.0. The Morgan fingerprint density at radius 3 is 2.35 bits per heavy atom. The Hall–Kier alpha value is -1.95. The molecule has 6 heteroatoms. The summed E-state index contributed by atoms with van der Waals surface area (Å²) in [5, 5.41) is 12.8. The molecule has 1 aromatic carbocycles. The highest BCUT2D eigenvalue weighted by molar-refractivity contribution is 5.88. The lowest BCUT2D eigenvalue weighted by molar-refractivity contribution is 0.0635. The van der Waals surface area contributed by atoms with Crippen LogP contribution in [0.2, 0.25) is 0 Å². The average molecular weight is 322 g/mol. The molecule has 6 nitrogen and oxygen atoms in total. The number of aromatic hydroxyl groups is 1. The van der Waals surface area contributed by atoms with Gasteiger partial charge in [-0.2, -0.15) is 0 Å². The fraction of sp³-hybridized carbons (Fsp3) is 0.588. The molecule has 1 aromatic rings. The lowest BCUT2D eigenvalue weighted by Crippen LogP contribution is -2.28. The number of anilines is 1. The van der Waals surface area contributed by atoms with Crippen LogP contribution in [0.15, 0.2) is 12.1 Å². The van der Waals surface area contributed by atoms with Crippen molar-refractivity contribution in [2.45, 2.75) is 52.2 Å². The lowest BCUT2D eigenvalue weighted by atomic mass is 9.96. The number of carbonyl (C=O) groups excluding carboxylic acids is 1. The van der Waals surface area contributed by atoms with Gasteiger partial charge in [0.25, 0.3) is 0 Å². The molecule has 4 N–H and O–H groups in total. The van der Waals surface area contributed by atoms with Crippen LogP contribution in [0, 0.1) is 5.41 Å². The molecule has 0 aromatic heterocycles. The lowest BCUT2D eigenvalue weighted by Gasteiger charge is -2.22. The molecular formula is C17H26N2O4. The van der Waals surface area contributed by atoms with Crippen LogP contribution in [0.4, 0.5) is 10.5 Å². The molecule has 1 saturated carbocycles. The maximum absolute atomic E-state index is 12.0. The van der Waals surface area contributed by atoms with Crippen molar-refractivity contribution < 1.29 is 19.4 Å². The molecule has 0 heterocycles. The second kappa shape index (κ2) is 5.30. The molecule has 1 amide bonds. The topological polar surface area (TPSA) is 93.8 Å². The van der Waals surface area contributed by atoms with Crippen LogP contribution >= 0.6 is 0 Å². The van der Waals surface area contributed by atoms with E-state index in [9.17, 15) is 9.90 Å². The highest BCUT2D eigenvalue weighted by atomic mass is 16.6. The molecule has 1 aliphatic rings. The number of amides is 1. The van der Waals surface area contributed by atoms with Gasteiger partial charge < -0.3 is 20.3 Å². The van der Waals surface area contributed by atoms with E-state index in [0.29, 0.717) is 0 Å². The molecular weight excluding hydrogens is 296 g/mol. The number of phenolic OH excluding ortho intramolecular Hbond substituents is 1. The first-order valence-corrected chi connectivity index (χ1v) is 7.60. The first-order valence-electron chi connectivity index (χ1n) is 7.60. The summed E-state index contributed by atoms with van der Waals surface area (Å²) in [5.74, 6) is 0.116. The summed E-state index contributed by atoms with van der Waals surface area (Å²) in [6.45, 7) is 9.46. The standard InChI is InChI=1S/C17H26N2O4/c1-15(2,3)23-14(21)19-11-7-10(8-12(22-6)13(11)20)17(18)9-16(17,4)5/h7-8,20H,9,18H2,1-6H3,(H,19,21). The van der Waals surface area contributed by atoms with Crippen molar-refractivity contribution in [2.75, 3.05) is 12.4 Å². The van der Waals surface area contributed by atoms with E-state index >= 15 is 0 Å². The number of nitrogens with two attached hydrogens (primary N) is 1. The first kappa shape index (κ1) is 17.4. The van der Waals surface area contributed by atoms with Crippen molar-refractivity contribution in [1.29, 1.82) is 0 Å². The Balaban J connectivity index is 2.34. The summed E-state index contributed by atoms with van der Waals surface area (Å²) in [5.41, 5.74) is 6.30. The van der Waals surface area contributed by atoms with E-state index in [0.717, 1.165) is 12.0 Å². The molecule has 0 spiro atoms. The van der Waals surface area contributed by atoms with Crippen LogP contribution in [0.3, 0.4) is 0 Å². The number of benzene rings is 1. The molecule has 0 radical (unpaired) electrons. The molecule has 2 rings (SSSR count). The number of rotatable bonds is 3. The Morgan fingerprint density at radius 2 is 1.91 bits per heavy atom. The molecule has 1 aliphatic carbocycles. The van der Waals surface area contributed by atoms with Crippen molar-refractivity contribution in [3.05, 3.63) is 17.7 Å². The number of phenols is 1. The van der Waals surface area contributed by atoms with E-state index in [4.69, 9.17) is 15.2 Å². The summed E-state index contributed by atoms with van der Waals surface area (Å²) >= 11 is 0. The van der Waals surface area contributed by atoms with Gasteiger partial charge in [0.1, 0.15) is 5.60 Å². The third kappa shape index (κ3) is 3.37. The number of carbonyl (C=O) groups is 1. The summed E-state index contributed by atoms with van der Waals surface area (Å²) in [7, 11) is 1.46. The molecule has 0 bridgehead atoms. The van der Waals surface area contributed by atoms with Crippen molar-refractivity contribution >= 4 is 11.8 Å². The van der Waals surface area contributed by atoms with Crippen molar-refractivity contribution in [2.24, 2.45) is 11.1 Å². The van der Waals surface area contributed by atoms with Gasteiger partial charge in [-0.25, -0.2) is 4.79 Å². The van der Waals surface area contributed by atoms with Crippen LogP contribution < -0.4 is 15.8 Å². The number of hydrogen-bond acceptors (Lipinski definition) is 5. The monoisotopic (exact) mass is 322 g/mol. The van der Waals surface area contributed by atoms with Gasteiger partial charge in [-0.05, 0) is 50.3 Å². The second-order valence-electron chi connectivity index (χ2n) is 7.73. The summed E-state index contributed by atoms with van der Waals surface area (Å²) in [6, 6.07) is 3.39. The van der Waals surface area contributed by atoms with Crippen LogP contribution in [-0.4, -0.2) is 23.9 Å². The van der Waals surface area contributed by atoms with Gasteiger partial charge in [0, 0.05) is 5.54 Å². The fourth-order valence-electron chi connectivity index (χ4n) is 2.68. The minimum absolute atomic E-state index is 0.0435. The van der Waals surface area contributed by atoms with Crippen molar-refractivity contribution in [3.8, 4) is 11.5 Å². The van der Waals surface area contributed by atoms with E-state index in [1.54, 1.807) is 32.9 Å². The Morgan fingerprint density at radius 1 is 1.35 bits per heavy atom. The number of ether oxygens (including phenoxy) is 2. The van der Waals surface area contributed by atoms with Gasteiger partial charge in [0.2, 0.25) is 0 Å². The predicted octanol–water partition coefficient (Wildman–Crippen LogP) is 3.33. The SMILES string of the molecule is COc1cc(C2(N)CC2(C)C)cc(NC(=O)OC(C)(C)C)c1O. The largest absolute Gasteiger partial charge is 0.503 e. The van der Waals surface area contributed by atoms with Crippen LogP contribution in [0.25, 0.3) is 0 Å². The zero-order chi connectivity index (χ0) is 17.6. The normalized spacial score (nSPS) is 22.4.